The molecule has 2 saturated heterocycles. The maximum atomic E-state index is 12.5. The first-order valence-corrected chi connectivity index (χ1v) is 8.46. The van der Waals surface area contributed by atoms with Crippen LogP contribution in [0.1, 0.15) is 37.2 Å². The molecule has 1 unspecified atom stereocenters. The van der Waals surface area contributed by atoms with Crippen LogP contribution in [0.25, 0.3) is 0 Å². The number of aliphatic hydroxyl groups excluding tert-OH is 1. The number of nitrogens with zero attached hydrogens (tertiary/aromatic N) is 1. The normalized spacial score (nSPS) is 28.3. The molecule has 2 aliphatic heterocycles. The number of hydrogen-bond acceptors (Lipinski definition) is 4. The Labute approximate surface area is 137 Å². The molecule has 0 aliphatic carbocycles. The zero-order valence-electron chi connectivity index (χ0n) is 13.4. The largest absolute Gasteiger partial charge is 0.462 e. The molecule has 4 heteroatoms. The third-order valence-corrected chi connectivity index (χ3v) is 5.13. The predicted octanol–water partition coefficient (Wildman–Crippen LogP) is 2.49. The van der Waals surface area contributed by atoms with E-state index in [4.69, 9.17) is 4.74 Å². The van der Waals surface area contributed by atoms with Gasteiger partial charge in [0.05, 0.1) is 6.61 Å². The molecule has 2 heterocycles. The number of piperidine rings is 1. The van der Waals surface area contributed by atoms with Gasteiger partial charge in [0.1, 0.15) is 12.0 Å². The van der Waals surface area contributed by atoms with E-state index in [0.717, 1.165) is 24.9 Å². The molecule has 4 atom stereocenters. The van der Waals surface area contributed by atoms with Gasteiger partial charge in [0, 0.05) is 31.5 Å². The number of esters is 1. The van der Waals surface area contributed by atoms with Crippen molar-refractivity contribution in [2.75, 3.05) is 13.2 Å². The van der Waals surface area contributed by atoms with Gasteiger partial charge in [-0.15, -0.1) is 6.58 Å². The first-order valence-electron chi connectivity index (χ1n) is 8.46. The van der Waals surface area contributed by atoms with Gasteiger partial charge in [-0.3, -0.25) is 9.69 Å². The van der Waals surface area contributed by atoms with E-state index in [-0.39, 0.29) is 18.7 Å². The van der Waals surface area contributed by atoms with Crippen LogP contribution in [-0.4, -0.2) is 47.3 Å². The van der Waals surface area contributed by atoms with E-state index in [0.29, 0.717) is 12.1 Å². The molecular formula is C19H25NO3. The third kappa shape index (κ3) is 3.48. The van der Waals surface area contributed by atoms with Crippen LogP contribution in [0.5, 0.6) is 0 Å². The molecule has 2 aliphatic rings. The summed E-state index contributed by atoms with van der Waals surface area (Å²) in [7, 11) is 0. The topological polar surface area (TPSA) is 49.8 Å². The van der Waals surface area contributed by atoms with Gasteiger partial charge >= 0.3 is 5.97 Å². The molecule has 0 saturated carbocycles. The van der Waals surface area contributed by atoms with Crippen LogP contribution < -0.4 is 0 Å². The van der Waals surface area contributed by atoms with E-state index in [1.807, 2.05) is 36.4 Å². The molecule has 1 aromatic carbocycles. The van der Waals surface area contributed by atoms with Crippen LogP contribution in [0.4, 0.5) is 0 Å². The lowest BCUT2D eigenvalue weighted by molar-refractivity contribution is -0.155. The van der Waals surface area contributed by atoms with Gasteiger partial charge < -0.3 is 9.84 Å². The Kier molecular flexibility index (Phi) is 5.13. The minimum absolute atomic E-state index is 0.0289. The molecule has 1 aromatic rings. The second-order valence-corrected chi connectivity index (χ2v) is 6.55. The molecule has 2 fully saturated rings. The van der Waals surface area contributed by atoms with Crippen molar-refractivity contribution in [2.24, 2.45) is 0 Å². The SMILES string of the molecule is C=CCN1[C@@H]2CC[C@H]1CC(OC(=O)[C@H](CO)c1ccccc1)C2. The molecule has 1 N–H and O–H groups in total. The molecule has 3 rings (SSSR count). The lowest BCUT2D eigenvalue weighted by Gasteiger charge is -2.38. The summed E-state index contributed by atoms with van der Waals surface area (Å²) < 4.78 is 5.75. The molecule has 0 spiro atoms. The van der Waals surface area contributed by atoms with E-state index in [1.54, 1.807) is 0 Å². The highest BCUT2D eigenvalue weighted by atomic mass is 16.5. The summed E-state index contributed by atoms with van der Waals surface area (Å²) in [5.41, 5.74) is 0.812. The second kappa shape index (κ2) is 7.28. The fourth-order valence-corrected chi connectivity index (χ4v) is 4.02. The Morgan fingerprint density at radius 3 is 2.52 bits per heavy atom. The van der Waals surface area contributed by atoms with Crippen LogP contribution in [-0.2, 0) is 9.53 Å². The zero-order valence-corrected chi connectivity index (χ0v) is 13.4. The zero-order chi connectivity index (χ0) is 16.2. The van der Waals surface area contributed by atoms with Gasteiger partial charge in [0.15, 0.2) is 0 Å². The van der Waals surface area contributed by atoms with Crippen molar-refractivity contribution < 1.29 is 14.6 Å². The van der Waals surface area contributed by atoms with Gasteiger partial charge in [-0.05, 0) is 18.4 Å². The van der Waals surface area contributed by atoms with Crippen molar-refractivity contribution in [1.29, 1.82) is 0 Å². The van der Waals surface area contributed by atoms with Crippen molar-refractivity contribution in [2.45, 2.75) is 49.8 Å². The summed E-state index contributed by atoms with van der Waals surface area (Å²) in [6.07, 6.45) is 6.06. The number of carbonyl (C=O) groups excluding carboxylic acids is 1. The second-order valence-electron chi connectivity index (χ2n) is 6.55. The van der Waals surface area contributed by atoms with Gasteiger partial charge in [-0.1, -0.05) is 36.4 Å². The number of carbonyl (C=O) groups is 1. The van der Waals surface area contributed by atoms with Crippen LogP contribution in [0.2, 0.25) is 0 Å². The molecule has 23 heavy (non-hydrogen) atoms. The smallest absolute Gasteiger partial charge is 0.316 e. The van der Waals surface area contributed by atoms with Gasteiger partial charge in [-0.25, -0.2) is 0 Å². The number of ether oxygens (including phenoxy) is 1. The number of hydrogen-bond donors (Lipinski definition) is 1. The first-order chi connectivity index (χ1) is 11.2. The van der Waals surface area contributed by atoms with E-state index in [9.17, 15) is 9.90 Å². The van der Waals surface area contributed by atoms with E-state index < -0.39 is 5.92 Å². The number of benzene rings is 1. The summed E-state index contributed by atoms with van der Waals surface area (Å²) in [6, 6.07) is 10.4. The van der Waals surface area contributed by atoms with Crippen molar-refractivity contribution in [1.82, 2.24) is 4.90 Å². The molecule has 0 radical (unpaired) electrons. The summed E-state index contributed by atoms with van der Waals surface area (Å²) >= 11 is 0. The van der Waals surface area contributed by atoms with E-state index in [1.165, 1.54) is 12.8 Å². The van der Waals surface area contributed by atoms with Gasteiger partial charge in [0.25, 0.3) is 0 Å². The highest BCUT2D eigenvalue weighted by Gasteiger charge is 2.41. The summed E-state index contributed by atoms with van der Waals surface area (Å²) in [6.45, 7) is 4.53. The highest BCUT2D eigenvalue weighted by molar-refractivity contribution is 5.78. The Balaban J connectivity index is 1.61. The molecule has 4 nitrogen and oxygen atoms in total. The minimum atomic E-state index is -0.583. The number of aliphatic hydroxyl groups is 1. The van der Waals surface area contributed by atoms with Crippen molar-refractivity contribution in [3.05, 3.63) is 48.6 Å². The predicted molar refractivity (Wildman–Crippen MR) is 89.1 cm³/mol. The summed E-state index contributed by atoms with van der Waals surface area (Å²) in [5.74, 6) is -0.889. The molecule has 124 valence electrons. The van der Waals surface area contributed by atoms with Gasteiger partial charge in [0.2, 0.25) is 0 Å². The van der Waals surface area contributed by atoms with Crippen molar-refractivity contribution in [3.63, 3.8) is 0 Å². The van der Waals surface area contributed by atoms with Crippen molar-refractivity contribution >= 4 is 5.97 Å². The minimum Gasteiger partial charge on any atom is -0.462 e. The van der Waals surface area contributed by atoms with Crippen LogP contribution in [0.3, 0.4) is 0 Å². The van der Waals surface area contributed by atoms with Crippen molar-refractivity contribution in [3.8, 4) is 0 Å². The number of fused-ring (bicyclic) bond motifs is 2. The fraction of sp³-hybridized carbons (Fsp3) is 0.526. The average molecular weight is 315 g/mol. The lowest BCUT2D eigenvalue weighted by Crippen LogP contribution is -2.46. The van der Waals surface area contributed by atoms with Gasteiger partial charge in [-0.2, -0.15) is 0 Å². The standard InChI is InChI=1S/C19H25NO3/c1-2-10-20-15-8-9-16(20)12-17(11-15)23-19(22)18(13-21)14-6-4-3-5-7-14/h2-7,15-18,21H,1,8-13H2/t15-,16+,17?,18-/m1/s1. The maximum absolute atomic E-state index is 12.5. The maximum Gasteiger partial charge on any atom is 0.316 e. The number of rotatable bonds is 6. The lowest BCUT2D eigenvalue weighted by atomic mass is 9.98. The Morgan fingerprint density at radius 1 is 1.30 bits per heavy atom. The highest BCUT2D eigenvalue weighted by Crippen LogP contribution is 2.37. The molecule has 0 aromatic heterocycles. The first kappa shape index (κ1) is 16.2. The van der Waals surface area contributed by atoms with Crippen LogP contribution in [0.15, 0.2) is 43.0 Å². The third-order valence-electron chi connectivity index (χ3n) is 5.13. The Bertz CT molecular complexity index is 531. The monoisotopic (exact) mass is 315 g/mol. The quantitative estimate of drug-likeness (QED) is 0.647. The summed E-state index contributed by atoms with van der Waals surface area (Å²) in [5, 5.41) is 9.59. The molecule has 0 amide bonds. The van der Waals surface area contributed by atoms with Crippen LogP contribution >= 0.6 is 0 Å². The molecule has 2 bridgehead atoms. The van der Waals surface area contributed by atoms with E-state index in [2.05, 4.69) is 11.5 Å². The Hall–Kier alpha value is -1.65. The molecular weight excluding hydrogens is 290 g/mol. The van der Waals surface area contributed by atoms with E-state index >= 15 is 0 Å². The fourth-order valence-electron chi connectivity index (χ4n) is 4.02. The summed E-state index contributed by atoms with van der Waals surface area (Å²) in [4.78, 5) is 15.0. The Morgan fingerprint density at radius 2 is 1.96 bits per heavy atom. The average Bonchev–Trinajstić information content (AvgIpc) is 2.80. The van der Waals surface area contributed by atoms with Crippen LogP contribution in [0, 0.1) is 0 Å².